The van der Waals surface area contributed by atoms with E-state index in [0.717, 1.165) is 12.1 Å². The molecule has 0 aliphatic heterocycles. The van der Waals surface area contributed by atoms with Gasteiger partial charge in [-0.1, -0.05) is 6.92 Å². The van der Waals surface area contributed by atoms with Crippen LogP contribution in [0.25, 0.3) is 0 Å². The molecule has 0 saturated heterocycles. The Morgan fingerprint density at radius 1 is 1.71 bits per heavy atom. The molecule has 0 spiro atoms. The molecule has 0 bridgehead atoms. The first-order valence-corrected chi connectivity index (χ1v) is 5.60. The maximum Gasteiger partial charge on any atom is 0.231 e. The molecule has 14 heavy (non-hydrogen) atoms. The van der Waals surface area contributed by atoms with Crippen LogP contribution in [0.3, 0.4) is 0 Å². The fraction of sp³-hybridized carbons (Fsp3) is 0.500. The lowest BCUT2D eigenvalue weighted by Crippen LogP contribution is -2.39. The molecule has 0 aliphatic rings. The van der Waals surface area contributed by atoms with E-state index in [-0.39, 0.29) is 5.91 Å². The highest BCUT2D eigenvalue weighted by molar-refractivity contribution is 7.08. The molecule has 0 radical (unpaired) electrons. The van der Waals surface area contributed by atoms with E-state index < -0.39 is 5.41 Å². The van der Waals surface area contributed by atoms with Crippen molar-refractivity contribution in [2.45, 2.75) is 20.3 Å². The lowest BCUT2D eigenvalue weighted by Gasteiger charge is -2.24. The van der Waals surface area contributed by atoms with E-state index in [9.17, 15) is 4.79 Å². The van der Waals surface area contributed by atoms with Crippen molar-refractivity contribution in [3.05, 3.63) is 16.8 Å². The molecule has 1 amide bonds. The van der Waals surface area contributed by atoms with Crippen molar-refractivity contribution in [1.29, 1.82) is 0 Å². The van der Waals surface area contributed by atoms with Gasteiger partial charge in [-0.05, 0) is 24.8 Å². The molecule has 1 rings (SSSR count). The summed E-state index contributed by atoms with van der Waals surface area (Å²) in [7, 11) is 0. The summed E-state index contributed by atoms with van der Waals surface area (Å²) in [6, 6.07) is 1.88. The van der Waals surface area contributed by atoms with E-state index in [1.54, 1.807) is 11.3 Å². The summed E-state index contributed by atoms with van der Waals surface area (Å²) in [5, 5.41) is 6.69. The topological polar surface area (TPSA) is 55.1 Å². The molecule has 0 fully saturated rings. The second kappa shape index (κ2) is 4.57. The molecular weight excluding hydrogens is 196 g/mol. The number of anilines is 1. The smallest absolute Gasteiger partial charge is 0.231 e. The summed E-state index contributed by atoms with van der Waals surface area (Å²) < 4.78 is 0. The van der Waals surface area contributed by atoms with Gasteiger partial charge in [-0.3, -0.25) is 4.79 Å². The maximum atomic E-state index is 11.8. The second-order valence-corrected chi connectivity index (χ2v) is 4.36. The van der Waals surface area contributed by atoms with E-state index in [2.05, 4.69) is 5.32 Å². The molecule has 1 aromatic heterocycles. The minimum Gasteiger partial charge on any atom is -0.329 e. The number of hydrogen-bond donors (Lipinski definition) is 2. The van der Waals surface area contributed by atoms with Crippen molar-refractivity contribution in [3.8, 4) is 0 Å². The second-order valence-electron chi connectivity index (χ2n) is 3.58. The van der Waals surface area contributed by atoms with Crippen molar-refractivity contribution in [2.75, 3.05) is 11.9 Å². The summed E-state index contributed by atoms with van der Waals surface area (Å²) in [6.45, 7) is 4.23. The molecule has 4 heteroatoms. The van der Waals surface area contributed by atoms with Crippen LogP contribution in [-0.2, 0) is 4.79 Å². The van der Waals surface area contributed by atoms with Gasteiger partial charge in [0.05, 0.1) is 11.1 Å². The Morgan fingerprint density at radius 3 is 2.86 bits per heavy atom. The monoisotopic (exact) mass is 212 g/mol. The molecule has 0 aromatic carbocycles. The van der Waals surface area contributed by atoms with Gasteiger partial charge in [-0.2, -0.15) is 11.3 Å². The van der Waals surface area contributed by atoms with Crippen LogP contribution in [0.1, 0.15) is 20.3 Å². The van der Waals surface area contributed by atoms with Gasteiger partial charge in [0.2, 0.25) is 5.91 Å². The molecule has 1 heterocycles. The number of nitrogens with two attached hydrogens (primary N) is 1. The van der Waals surface area contributed by atoms with Gasteiger partial charge < -0.3 is 11.1 Å². The van der Waals surface area contributed by atoms with E-state index in [1.807, 2.05) is 30.7 Å². The minimum atomic E-state index is -0.456. The summed E-state index contributed by atoms with van der Waals surface area (Å²) in [5.41, 5.74) is 5.99. The van der Waals surface area contributed by atoms with Crippen LogP contribution in [-0.4, -0.2) is 12.5 Å². The number of nitrogens with one attached hydrogen (secondary N) is 1. The van der Waals surface area contributed by atoms with Crippen molar-refractivity contribution in [3.63, 3.8) is 0 Å². The third-order valence-electron chi connectivity index (χ3n) is 2.56. The number of thiophene rings is 1. The third kappa shape index (κ3) is 2.33. The van der Waals surface area contributed by atoms with Gasteiger partial charge in [0, 0.05) is 11.9 Å². The number of hydrogen-bond acceptors (Lipinski definition) is 3. The Bertz CT molecular complexity index is 291. The zero-order chi connectivity index (χ0) is 10.6. The van der Waals surface area contributed by atoms with Crippen molar-refractivity contribution in [2.24, 2.45) is 11.1 Å². The van der Waals surface area contributed by atoms with Gasteiger partial charge in [0.1, 0.15) is 0 Å². The molecule has 3 N–H and O–H groups in total. The van der Waals surface area contributed by atoms with Crippen LogP contribution in [0.15, 0.2) is 16.8 Å². The Kier molecular flexibility index (Phi) is 3.66. The van der Waals surface area contributed by atoms with E-state index in [0.29, 0.717) is 6.54 Å². The molecule has 1 aromatic rings. The van der Waals surface area contributed by atoms with Gasteiger partial charge in [-0.25, -0.2) is 0 Å². The van der Waals surface area contributed by atoms with Crippen molar-refractivity contribution < 1.29 is 4.79 Å². The van der Waals surface area contributed by atoms with Crippen molar-refractivity contribution >= 4 is 22.9 Å². The average molecular weight is 212 g/mol. The Hall–Kier alpha value is -0.870. The number of amides is 1. The highest BCUT2D eigenvalue weighted by Crippen LogP contribution is 2.22. The predicted molar refractivity (Wildman–Crippen MR) is 60.4 cm³/mol. The third-order valence-corrected chi connectivity index (χ3v) is 3.24. The molecule has 3 nitrogen and oxygen atoms in total. The fourth-order valence-electron chi connectivity index (χ4n) is 1.02. The van der Waals surface area contributed by atoms with Crippen LogP contribution in [0, 0.1) is 5.41 Å². The first kappa shape index (κ1) is 11.2. The van der Waals surface area contributed by atoms with E-state index in [4.69, 9.17) is 5.73 Å². The Balaban J connectivity index is 2.66. The maximum absolute atomic E-state index is 11.8. The van der Waals surface area contributed by atoms with Gasteiger partial charge >= 0.3 is 0 Å². The van der Waals surface area contributed by atoms with Crippen LogP contribution in [0.2, 0.25) is 0 Å². The van der Waals surface area contributed by atoms with E-state index in [1.165, 1.54) is 0 Å². The first-order chi connectivity index (χ1) is 6.62. The molecule has 1 atom stereocenters. The predicted octanol–water partition coefficient (Wildman–Crippen LogP) is 2.06. The summed E-state index contributed by atoms with van der Waals surface area (Å²) in [4.78, 5) is 11.8. The summed E-state index contributed by atoms with van der Waals surface area (Å²) >= 11 is 1.56. The standard InChI is InChI=1S/C10H16N2OS/c1-3-10(2,7-11)9(13)12-8-4-5-14-6-8/h4-6H,3,7,11H2,1-2H3,(H,12,13). The van der Waals surface area contributed by atoms with Gasteiger partial charge in [0.25, 0.3) is 0 Å². The zero-order valence-corrected chi connectivity index (χ0v) is 9.36. The molecule has 1 unspecified atom stereocenters. The van der Waals surface area contributed by atoms with Crippen LogP contribution in [0.4, 0.5) is 5.69 Å². The van der Waals surface area contributed by atoms with Crippen LogP contribution in [0.5, 0.6) is 0 Å². The van der Waals surface area contributed by atoms with Gasteiger partial charge in [0.15, 0.2) is 0 Å². The van der Waals surface area contributed by atoms with E-state index >= 15 is 0 Å². The average Bonchev–Trinajstić information content (AvgIpc) is 2.69. The molecule has 0 aliphatic carbocycles. The highest BCUT2D eigenvalue weighted by Gasteiger charge is 2.29. The van der Waals surface area contributed by atoms with Gasteiger partial charge in [-0.15, -0.1) is 0 Å². The van der Waals surface area contributed by atoms with Crippen LogP contribution < -0.4 is 11.1 Å². The summed E-state index contributed by atoms with van der Waals surface area (Å²) in [6.07, 6.45) is 0.749. The fourth-order valence-corrected chi connectivity index (χ4v) is 1.60. The number of carbonyl (C=O) groups excluding carboxylic acids is 1. The first-order valence-electron chi connectivity index (χ1n) is 4.66. The Labute approximate surface area is 88.3 Å². The summed E-state index contributed by atoms with van der Waals surface area (Å²) in [5.74, 6) is 0.000833. The highest BCUT2D eigenvalue weighted by atomic mass is 32.1. The SMILES string of the molecule is CCC(C)(CN)C(=O)Nc1ccsc1. The normalized spacial score (nSPS) is 14.8. The van der Waals surface area contributed by atoms with Crippen molar-refractivity contribution in [1.82, 2.24) is 0 Å². The number of carbonyl (C=O) groups is 1. The largest absolute Gasteiger partial charge is 0.329 e. The Morgan fingerprint density at radius 2 is 2.43 bits per heavy atom. The molecular formula is C10H16N2OS. The quantitative estimate of drug-likeness (QED) is 0.802. The zero-order valence-electron chi connectivity index (χ0n) is 8.54. The molecule has 78 valence electrons. The lowest BCUT2D eigenvalue weighted by molar-refractivity contribution is -0.124. The molecule has 0 saturated carbocycles. The minimum absolute atomic E-state index is 0.000833. The van der Waals surface area contributed by atoms with Crippen LogP contribution >= 0.6 is 11.3 Å². The number of rotatable bonds is 4. The lowest BCUT2D eigenvalue weighted by atomic mass is 9.86.